The lowest BCUT2D eigenvalue weighted by Crippen LogP contribution is -2.59. The summed E-state index contributed by atoms with van der Waals surface area (Å²) < 4.78 is 5.57. The van der Waals surface area contributed by atoms with Crippen LogP contribution in [0, 0.1) is 11.8 Å². The number of piperazine rings is 1. The van der Waals surface area contributed by atoms with Crippen LogP contribution in [0.25, 0.3) is 0 Å². The number of carbonyl (C=O) groups excluding carboxylic acids is 1. The van der Waals surface area contributed by atoms with Crippen molar-refractivity contribution in [3.63, 3.8) is 0 Å². The molecule has 2 aromatic carbocycles. The van der Waals surface area contributed by atoms with Gasteiger partial charge < -0.3 is 19.9 Å². The Morgan fingerprint density at radius 2 is 1.78 bits per heavy atom. The number of hydrogen-bond acceptors (Lipinski definition) is 6. The van der Waals surface area contributed by atoms with Gasteiger partial charge in [-0.2, -0.15) is 0 Å². The summed E-state index contributed by atoms with van der Waals surface area (Å²) in [7, 11) is 5.78. The van der Waals surface area contributed by atoms with E-state index in [4.69, 9.17) is 4.74 Å². The number of hydrogen-bond donors (Lipinski definition) is 1. The highest BCUT2D eigenvalue weighted by molar-refractivity contribution is 5.94. The maximum absolute atomic E-state index is 12.7. The van der Waals surface area contributed by atoms with Crippen LogP contribution in [0.3, 0.4) is 0 Å². The molecule has 7 nitrogen and oxygen atoms in total. The molecule has 4 saturated heterocycles. The van der Waals surface area contributed by atoms with Crippen LogP contribution in [0.15, 0.2) is 48.5 Å². The van der Waals surface area contributed by atoms with Gasteiger partial charge >= 0.3 is 0 Å². The monoisotopic (exact) mass is 491 g/mol. The summed E-state index contributed by atoms with van der Waals surface area (Å²) in [5.74, 6) is 2.50. The molecule has 7 heteroatoms. The molecule has 0 saturated carbocycles. The predicted molar refractivity (Wildman–Crippen MR) is 146 cm³/mol. The Hall–Kier alpha value is -2.77. The van der Waals surface area contributed by atoms with Gasteiger partial charge in [-0.25, -0.2) is 0 Å². The number of nitrogens with one attached hydrogen (secondary N) is 1. The average molecular weight is 492 g/mol. The standard InChI is InChI=1S/C29H41N5O2/c1-31(2)25-10-8-22(9-11-25)29(35)30-19-26-18-23-12-13-34(26)21-24(23)20-32-14-16-33(17-15-32)27-6-4-5-7-28(27)36-3/h4-11,23-24,26H,12-21H2,1-3H3,(H,30,35). The third-order valence-electron chi connectivity index (χ3n) is 8.45. The van der Waals surface area contributed by atoms with Crippen molar-refractivity contribution >= 4 is 17.3 Å². The number of methoxy groups -OCH3 is 1. The van der Waals surface area contributed by atoms with Crippen molar-refractivity contribution < 1.29 is 9.53 Å². The van der Waals surface area contributed by atoms with Gasteiger partial charge in [-0.1, -0.05) is 12.1 Å². The Bertz CT molecular complexity index is 1020. The molecule has 0 radical (unpaired) electrons. The van der Waals surface area contributed by atoms with Crippen LogP contribution in [-0.2, 0) is 0 Å². The van der Waals surface area contributed by atoms with Crippen molar-refractivity contribution in [3.05, 3.63) is 54.1 Å². The summed E-state index contributed by atoms with van der Waals surface area (Å²) in [6, 6.07) is 16.7. The van der Waals surface area contributed by atoms with E-state index in [0.717, 1.165) is 68.1 Å². The zero-order valence-electron chi connectivity index (χ0n) is 22.0. The molecule has 2 bridgehead atoms. The van der Waals surface area contributed by atoms with Gasteiger partial charge in [0.2, 0.25) is 0 Å². The molecule has 4 unspecified atom stereocenters. The molecule has 4 aliphatic rings. The third kappa shape index (κ3) is 5.47. The second-order valence-corrected chi connectivity index (χ2v) is 10.8. The van der Waals surface area contributed by atoms with Gasteiger partial charge in [0, 0.05) is 77.2 Å². The summed E-state index contributed by atoms with van der Waals surface area (Å²) in [6.45, 7) is 8.57. The molecule has 0 aliphatic carbocycles. The Labute approximate surface area is 216 Å². The number of nitrogens with zero attached hydrogens (tertiary/aromatic N) is 4. The number of anilines is 2. The number of benzene rings is 2. The van der Waals surface area contributed by atoms with E-state index in [2.05, 4.69) is 38.2 Å². The molecule has 4 heterocycles. The van der Waals surface area contributed by atoms with Gasteiger partial charge in [0.25, 0.3) is 5.91 Å². The van der Waals surface area contributed by atoms with Gasteiger partial charge in [0.05, 0.1) is 12.8 Å². The first-order chi connectivity index (χ1) is 17.5. The van der Waals surface area contributed by atoms with Gasteiger partial charge in [0.1, 0.15) is 5.75 Å². The first kappa shape index (κ1) is 24.9. The molecular weight excluding hydrogens is 450 g/mol. The number of para-hydroxylation sites is 2. The van der Waals surface area contributed by atoms with Crippen LogP contribution >= 0.6 is 0 Å². The molecule has 1 amide bonds. The second-order valence-electron chi connectivity index (χ2n) is 10.8. The fourth-order valence-electron chi connectivity index (χ4n) is 6.29. The van der Waals surface area contributed by atoms with E-state index in [0.29, 0.717) is 6.04 Å². The van der Waals surface area contributed by atoms with Gasteiger partial charge in [-0.15, -0.1) is 0 Å². The minimum Gasteiger partial charge on any atom is -0.495 e. The molecular formula is C29H41N5O2. The molecule has 194 valence electrons. The molecule has 4 aliphatic heterocycles. The number of fused-ring (bicyclic) bond motifs is 3. The smallest absolute Gasteiger partial charge is 0.251 e. The largest absolute Gasteiger partial charge is 0.495 e. The summed E-state index contributed by atoms with van der Waals surface area (Å²) in [6.07, 6.45) is 2.49. The van der Waals surface area contributed by atoms with Crippen LogP contribution in [-0.4, -0.2) is 95.3 Å². The van der Waals surface area contributed by atoms with Crippen LogP contribution in [0.5, 0.6) is 5.75 Å². The lowest BCUT2D eigenvalue weighted by Gasteiger charge is -2.51. The van der Waals surface area contributed by atoms with Crippen molar-refractivity contribution in [2.24, 2.45) is 11.8 Å². The van der Waals surface area contributed by atoms with E-state index < -0.39 is 0 Å². The zero-order valence-corrected chi connectivity index (χ0v) is 22.0. The molecule has 0 aromatic heterocycles. The molecule has 2 aromatic rings. The molecule has 0 spiro atoms. The van der Waals surface area contributed by atoms with Crippen molar-refractivity contribution in [3.8, 4) is 5.75 Å². The maximum atomic E-state index is 12.7. The summed E-state index contributed by atoms with van der Waals surface area (Å²) in [5.41, 5.74) is 3.05. The molecule has 36 heavy (non-hydrogen) atoms. The lowest BCUT2D eigenvalue weighted by molar-refractivity contribution is -0.0120. The molecule has 4 fully saturated rings. The Morgan fingerprint density at radius 3 is 2.44 bits per heavy atom. The van der Waals surface area contributed by atoms with Crippen molar-refractivity contribution in [2.75, 3.05) is 83.4 Å². The van der Waals surface area contributed by atoms with E-state index in [9.17, 15) is 4.79 Å². The fraction of sp³-hybridized carbons (Fsp3) is 0.552. The van der Waals surface area contributed by atoms with E-state index in [-0.39, 0.29) is 5.91 Å². The van der Waals surface area contributed by atoms with Crippen molar-refractivity contribution in [2.45, 2.75) is 18.9 Å². The van der Waals surface area contributed by atoms with E-state index in [1.165, 1.54) is 31.6 Å². The number of ether oxygens (including phenoxy) is 1. The molecule has 6 rings (SSSR count). The lowest BCUT2D eigenvalue weighted by atomic mass is 9.75. The third-order valence-corrected chi connectivity index (χ3v) is 8.45. The number of carbonyl (C=O) groups is 1. The van der Waals surface area contributed by atoms with Crippen LogP contribution in [0.4, 0.5) is 11.4 Å². The highest BCUT2D eigenvalue weighted by Gasteiger charge is 2.40. The normalized spacial score (nSPS) is 26.0. The van der Waals surface area contributed by atoms with Gasteiger partial charge in [-0.3, -0.25) is 14.6 Å². The van der Waals surface area contributed by atoms with E-state index in [1.807, 2.05) is 49.3 Å². The minimum absolute atomic E-state index is 0.0346. The SMILES string of the molecule is COc1ccccc1N1CCN(CC2CN3CCC2CC3CNC(=O)c2ccc(N(C)C)cc2)CC1. The second kappa shape index (κ2) is 11.1. The van der Waals surface area contributed by atoms with Gasteiger partial charge in [-0.05, 0) is 67.6 Å². The van der Waals surface area contributed by atoms with E-state index >= 15 is 0 Å². The Balaban J connectivity index is 1.08. The highest BCUT2D eigenvalue weighted by Crippen LogP contribution is 2.37. The number of piperidine rings is 3. The first-order valence-corrected chi connectivity index (χ1v) is 13.4. The van der Waals surface area contributed by atoms with E-state index in [1.54, 1.807) is 7.11 Å². The van der Waals surface area contributed by atoms with Crippen LogP contribution < -0.4 is 19.9 Å². The first-order valence-electron chi connectivity index (χ1n) is 13.4. The number of amides is 1. The van der Waals surface area contributed by atoms with Crippen molar-refractivity contribution in [1.82, 2.24) is 15.1 Å². The summed E-state index contributed by atoms with van der Waals surface area (Å²) in [5, 5.41) is 3.21. The number of rotatable bonds is 8. The van der Waals surface area contributed by atoms with Crippen molar-refractivity contribution in [1.29, 1.82) is 0 Å². The Morgan fingerprint density at radius 1 is 1.03 bits per heavy atom. The maximum Gasteiger partial charge on any atom is 0.251 e. The topological polar surface area (TPSA) is 51.3 Å². The summed E-state index contributed by atoms with van der Waals surface area (Å²) >= 11 is 0. The van der Waals surface area contributed by atoms with Crippen LogP contribution in [0.2, 0.25) is 0 Å². The Kier molecular flexibility index (Phi) is 7.67. The highest BCUT2D eigenvalue weighted by atomic mass is 16.5. The average Bonchev–Trinajstić information content (AvgIpc) is 2.92. The molecule has 4 atom stereocenters. The summed E-state index contributed by atoms with van der Waals surface area (Å²) in [4.78, 5) is 22.5. The predicted octanol–water partition coefficient (Wildman–Crippen LogP) is 3.02. The fourth-order valence-corrected chi connectivity index (χ4v) is 6.29. The molecule has 1 N–H and O–H groups in total. The quantitative estimate of drug-likeness (QED) is 0.613. The van der Waals surface area contributed by atoms with Gasteiger partial charge in [0.15, 0.2) is 0 Å². The minimum atomic E-state index is 0.0346. The zero-order chi connectivity index (χ0) is 25.1. The van der Waals surface area contributed by atoms with Crippen LogP contribution in [0.1, 0.15) is 23.2 Å².